The first-order valence-electron chi connectivity index (χ1n) is 9.49. The highest BCUT2D eigenvalue weighted by atomic mass is 35.5. The van der Waals surface area contributed by atoms with E-state index in [1.165, 1.54) is 0 Å². The first-order chi connectivity index (χ1) is 13.9. The summed E-state index contributed by atoms with van der Waals surface area (Å²) >= 11 is 12.7. The molecule has 0 radical (unpaired) electrons. The fourth-order valence-corrected chi connectivity index (χ4v) is 4.53. The van der Waals surface area contributed by atoms with Crippen molar-refractivity contribution in [2.24, 2.45) is 0 Å². The van der Waals surface area contributed by atoms with E-state index in [4.69, 9.17) is 23.2 Å². The zero-order valence-corrected chi connectivity index (χ0v) is 17.7. The van der Waals surface area contributed by atoms with Crippen LogP contribution in [0.1, 0.15) is 29.5 Å². The van der Waals surface area contributed by atoms with Crippen LogP contribution in [-0.4, -0.2) is 25.0 Å². The van der Waals surface area contributed by atoms with Crippen molar-refractivity contribution in [1.82, 2.24) is 4.90 Å². The molecule has 7 heteroatoms. The Morgan fingerprint density at radius 3 is 2.62 bits per heavy atom. The second-order valence-corrected chi connectivity index (χ2v) is 8.24. The molecule has 0 spiro atoms. The Bertz CT molecular complexity index is 1150. The molecule has 1 atom stereocenters. The third-order valence-electron chi connectivity index (χ3n) is 5.31. The van der Waals surface area contributed by atoms with Crippen molar-refractivity contribution in [3.63, 3.8) is 0 Å². The lowest BCUT2D eigenvalue weighted by Crippen LogP contribution is -2.36. The minimum atomic E-state index is -0.493. The van der Waals surface area contributed by atoms with Gasteiger partial charge >= 0.3 is 0 Å². The van der Waals surface area contributed by atoms with Crippen LogP contribution in [0.5, 0.6) is 0 Å². The summed E-state index contributed by atoms with van der Waals surface area (Å²) in [7, 11) is 2.06. The Labute approximate surface area is 178 Å². The largest absolute Gasteiger partial charge is 0.380 e. The van der Waals surface area contributed by atoms with Gasteiger partial charge in [0.15, 0.2) is 0 Å². The predicted octanol–water partition coefficient (Wildman–Crippen LogP) is 4.34. The van der Waals surface area contributed by atoms with Gasteiger partial charge in [-0.25, -0.2) is 0 Å². The van der Waals surface area contributed by atoms with E-state index in [0.717, 1.165) is 35.5 Å². The minimum absolute atomic E-state index is 0.0997. The maximum Gasteiger partial charge on any atom is 0.253 e. The van der Waals surface area contributed by atoms with Crippen LogP contribution in [0.4, 0.5) is 17.1 Å². The molecule has 150 valence electrons. The Hall–Kier alpha value is -2.34. The van der Waals surface area contributed by atoms with E-state index in [1.54, 1.807) is 6.07 Å². The second kappa shape index (κ2) is 7.82. The van der Waals surface area contributed by atoms with Crippen LogP contribution < -0.4 is 21.5 Å². The molecule has 0 bridgehead atoms. The number of fused-ring (bicyclic) bond motifs is 1. The van der Waals surface area contributed by atoms with Crippen molar-refractivity contribution < 1.29 is 0 Å². The molecule has 2 N–H and O–H groups in total. The first kappa shape index (κ1) is 20.0. The molecule has 4 rings (SSSR count). The lowest BCUT2D eigenvalue weighted by atomic mass is 9.84. The number of nitrogens with one attached hydrogen (secondary N) is 2. The van der Waals surface area contributed by atoms with Gasteiger partial charge < -0.3 is 15.5 Å². The van der Waals surface area contributed by atoms with Gasteiger partial charge in [-0.3, -0.25) is 9.59 Å². The highest BCUT2D eigenvalue weighted by Gasteiger charge is 2.27. The summed E-state index contributed by atoms with van der Waals surface area (Å²) in [5.41, 5.74) is 3.77. The van der Waals surface area contributed by atoms with E-state index in [9.17, 15) is 9.59 Å². The van der Waals surface area contributed by atoms with Gasteiger partial charge in [0, 0.05) is 41.3 Å². The molecule has 1 unspecified atom stereocenters. The number of hydrogen-bond donors (Lipinski definition) is 2. The molecule has 0 fully saturated rings. The summed E-state index contributed by atoms with van der Waals surface area (Å²) in [6.45, 7) is 4.06. The van der Waals surface area contributed by atoms with Crippen molar-refractivity contribution >= 4 is 40.3 Å². The standard InChI is InChI=1S/C22H21Cl2N3O2/c1-3-25-19-20(22(29)21(19)28)26-14-6-4-5-12(7-14)16-10-27(2)11-17-15(16)8-13(23)9-18(17)24/h4-9,16,25-26H,3,10-11H2,1-2H3. The smallest absolute Gasteiger partial charge is 0.253 e. The average Bonchev–Trinajstić information content (AvgIpc) is 2.70. The number of anilines is 3. The normalized spacial score (nSPS) is 16.6. The molecular formula is C22H21Cl2N3O2. The van der Waals surface area contributed by atoms with Crippen molar-refractivity contribution in [1.29, 1.82) is 0 Å². The SMILES string of the molecule is CCNc1c(Nc2cccc(C3CN(C)Cc4c(Cl)cc(Cl)cc43)c2)c(=O)c1=O. The van der Waals surface area contributed by atoms with E-state index in [2.05, 4.69) is 28.6 Å². The zero-order valence-electron chi connectivity index (χ0n) is 16.2. The topological polar surface area (TPSA) is 61.4 Å². The summed E-state index contributed by atoms with van der Waals surface area (Å²) in [6, 6.07) is 11.7. The molecule has 0 saturated carbocycles. The van der Waals surface area contributed by atoms with E-state index >= 15 is 0 Å². The summed E-state index contributed by atoms with van der Waals surface area (Å²) in [6.07, 6.45) is 0. The van der Waals surface area contributed by atoms with Gasteiger partial charge in [0.05, 0.1) is 0 Å². The Morgan fingerprint density at radius 2 is 1.86 bits per heavy atom. The van der Waals surface area contributed by atoms with Gasteiger partial charge in [-0.05, 0) is 54.9 Å². The Kier molecular flexibility index (Phi) is 5.38. The van der Waals surface area contributed by atoms with Crippen LogP contribution >= 0.6 is 23.2 Å². The molecule has 0 amide bonds. The first-order valence-corrected chi connectivity index (χ1v) is 10.2. The average molecular weight is 430 g/mol. The third-order valence-corrected chi connectivity index (χ3v) is 5.87. The molecule has 29 heavy (non-hydrogen) atoms. The van der Waals surface area contributed by atoms with Crippen molar-refractivity contribution in [3.8, 4) is 0 Å². The number of rotatable bonds is 5. The highest BCUT2D eigenvalue weighted by molar-refractivity contribution is 6.35. The molecule has 1 heterocycles. The fourth-order valence-electron chi connectivity index (χ4n) is 3.96. The van der Waals surface area contributed by atoms with Crippen LogP contribution in [0.15, 0.2) is 46.0 Å². The van der Waals surface area contributed by atoms with Crippen LogP contribution in [0.25, 0.3) is 0 Å². The summed E-state index contributed by atoms with van der Waals surface area (Å²) in [4.78, 5) is 26.0. The fraction of sp³-hybridized carbons (Fsp3) is 0.273. The monoisotopic (exact) mass is 429 g/mol. The lowest BCUT2D eigenvalue weighted by Gasteiger charge is -2.33. The molecule has 3 aromatic rings. The predicted molar refractivity (Wildman–Crippen MR) is 120 cm³/mol. The van der Waals surface area contributed by atoms with Gasteiger partial charge in [0.25, 0.3) is 10.9 Å². The van der Waals surface area contributed by atoms with Gasteiger partial charge in [0.1, 0.15) is 11.4 Å². The van der Waals surface area contributed by atoms with Gasteiger partial charge in [-0.2, -0.15) is 0 Å². The summed E-state index contributed by atoms with van der Waals surface area (Å²) < 4.78 is 0. The highest BCUT2D eigenvalue weighted by Crippen LogP contribution is 2.39. The molecule has 0 saturated heterocycles. The molecule has 1 aliphatic rings. The molecule has 0 aromatic heterocycles. The van der Waals surface area contributed by atoms with E-state index < -0.39 is 10.9 Å². The van der Waals surface area contributed by atoms with Crippen LogP contribution in [0.3, 0.4) is 0 Å². The number of benzene rings is 2. The lowest BCUT2D eigenvalue weighted by molar-refractivity contribution is 0.295. The second-order valence-electron chi connectivity index (χ2n) is 7.39. The Morgan fingerprint density at radius 1 is 1.10 bits per heavy atom. The minimum Gasteiger partial charge on any atom is -0.380 e. The molecule has 1 aliphatic heterocycles. The Balaban J connectivity index is 1.70. The van der Waals surface area contributed by atoms with E-state index in [-0.39, 0.29) is 5.92 Å². The summed E-state index contributed by atoms with van der Waals surface area (Å²) in [5.74, 6) is 0.0997. The maximum absolute atomic E-state index is 12.0. The van der Waals surface area contributed by atoms with Crippen LogP contribution in [-0.2, 0) is 6.54 Å². The molecule has 5 nitrogen and oxygen atoms in total. The van der Waals surface area contributed by atoms with Crippen LogP contribution in [0.2, 0.25) is 10.0 Å². The maximum atomic E-state index is 12.0. The molecule has 3 aromatic carbocycles. The van der Waals surface area contributed by atoms with Crippen molar-refractivity contribution in [2.75, 3.05) is 30.8 Å². The van der Waals surface area contributed by atoms with Crippen LogP contribution in [0, 0.1) is 0 Å². The van der Waals surface area contributed by atoms with Gasteiger partial charge in [-0.15, -0.1) is 0 Å². The summed E-state index contributed by atoms with van der Waals surface area (Å²) in [5, 5.41) is 7.36. The number of hydrogen-bond acceptors (Lipinski definition) is 5. The number of likely N-dealkylation sites (N-methyl/N-ethyl adjacent to an activating group) is 1. The van der Waals surface area contributed by atoms with Crippen molar-refractivity contribution in [2.45, 2.75) is 19.4 Å². The molecule has 0 aliphatic carbocycles. The number of halogens is 2. The van der Waals surface area contributed by atoms with E-state index in [1.807, 2.05) is 31.2 Å². The van der Waals surface area contributed by atoms with Crippen molar-refractivity contribution in [3.05, 3.63) is 83.6 Å². The molecular weight excluding hydrogens is 409 g/mol. The van der Waals surface area contributed by atoms with Gasteiger partial charge in [-0.1, -0.05) is 35.3 Å². The number of nitrogens with zero attached hydrogens (tertiary/aromatic N) is 1. The quantitative estimate of drug-likeness (QED) is 0.590. The van der Waals surface area contributed by atoms with E-state index in [0.29, 0.717) is 28.0 Å². The third kappa shape index (κ3) is 3.66. The van der Waals surface area contributed by atoms with Gasteiger partial charge in [0.2, 0.25) is 0 Å². The zero-order chi connectivity index (χ0) is 20.7.